The van der Waals surface area contributed by atoms with Crippen LogP contribution in [0.2, 0.25) is 0 Å². The van der Waals surface area contributed by atoms with E-state index in [0.29, 0.717) is 32.5 Å². The predicted molar refractivity (Wildman–Crippen MR) is 62.8 cm³/mol. The molecule has 5 heteroatoms. The van der Waals surface area contributed by atoms with Gasteiger partial charge in [-0.15, -0.1) is 0 Å². The molecule has 0 aliphatic carbocycles. The lowest BCUT2D eigenvalue weighted by molar-refractivity contribution is -0.159. The highest BCUT2D eigenvalue weighted by Gasteiger charge is 2.42. The first-order chi connectivity index (χ1) is 8.05. The summed E-state index contributed by atoms with van der Waals surface area (Å²) in [5.74, 6) is -0.160. The molecule has 1 heterocycles. The number of nitrogens with zero attached hydrogens (tertiary/aromatic N) is 1. The fourth-order valence-corrected chi connectivity index (χ4v) is 2.44. The van der Waals surface area contributed by atoms with Crippen molar-refractivity contribution in [2.45, 2.75) is 39.5 Å². The number of ether oxygens (including phenoxy) is 1. The van der Waals surface area contributed by atoms with Crippen LogP contribution in [0.25, 0.3) is 0 Å². The summed E-state index contributed by atoms with van der Waals surface area (Å²) in [6.45, 7) is 5.06. The summed E-state index contributed by atoms with van der Waals surface area (Å²) < 4.78 is 5.13. The quantitative estimate of drug-likeness (QED) is 0.768. The Hall–Kier alpha value is -1.26. The zero-order valence-electron chi connectivity index (χ0n) is 10.6. The monoisotopic (exact) mass is 243 g/mol. The summed E-state index contributed by atoms with van der Waals surface area (Å²) in [7, 11) is 0. The van der Waals surface area contributed by atoms with Gasteiger partial charge in [-0.1, -0.05) is 13.3 Å². The third kappa shape index (κ3) is 3.11. The van der Waals surface area contributed by atoms with Gasteiger partial charge < -0.3 is 14.7 Å². The lowest BCUT2D eigenvalue weighted by Gasteiger charge is -2.38. The van der Waals surface area contributed by atoms with E-state index in [1.807, 2.05) is 6.92 Å². The first-order valence-corrected chi connectivity index (χ1v) is 6.21. The molecule has 0 spiro atoms. The van der Waals surface area contributed by atoms with Gasteiger partial charge in [-0.2, -0.15) is 0 Å². The molecule has 0 radical (unpaired) electrons. The second kappa shape index (κ2) is 5.89. The number of likely N-dealkylation sites (tertiary alicyclic amines) is 1. The largest absolute Gasteiger partial charge is 0.466 e. The van der Waals surface area contributed by atoms with Crippen molar-refractivity contribution < 1.29 is 19.4 Å². The van der Waals surface area contributed by atoms with Crippen LogP contribution < -0.4 is 0 Å². The second-order valence-electron chi connectivity index (χ2n) is 4.52. The molecule has 17 heavy (non-hydrogen) atoms. The molecule has 1 N–H and O–H groups in total. The van der Waals surface area contributed by atoms with Crippen LogP contribution in [0.4, 0.5) is 4.79 Å². The minimum Gasteiger partial charge on any atom is -0.466 e. The Kier molecular flexibility index (Phi) is 4.78. The van der Waals surface area contributed by atoms with E-state index in [1.165, 1.54) is 4.90 Å². The molecule has 0 unspecified atom stereocenters. The maximum absolute atomic E-state index is 12.0. The van der Waals surface area contributed by atoms with Crippen LogP contribution in [-0.4, -0.2) is 41.8 Å². The van der Waals surface area contributed by atoms with E-state index in [0.717, 1.165) is 12.8 Å². The lowest BCUT2D eigenvalue weighted by Crippen LogP contribution is -2.46. The highest BCUT2D eigenvalue weighted by atomic mass is 16.5. The second-order valence-corrected chi connectivity index (χ2v) is 4.52. The Balaban J connectivity index is 2.69. The highest BCUT2D eigenvalue weighted by molar-refractivity contribution is 5.77. The Morgan fingerprint density at radius 2 is 1.88 bits per heavy atom. The normalized spacial score (nSPS) is 18.8. The average Bonchev–Trinajstić information content (AvgIpc) is 2.30. The molecule has 0 aromatic carbocycles. The summed E-state index contributed by atoms with van der Waals surface area (Å²) in [5, 5.41) is 8.89. The smallest absolute Gasteiger partial charge is 0.407 e. The van der Waals surface area contributed by atoms with E-state index >= 15 is 0 Å². The van der Waals surface area contributed by atoms with Crippen molar-refractivity contribution in [2.75, 3.05) is 19.7 Å². The fourth-order valence-electron chi connectivity index (χ4n) is 2.44. The van der Waals surface area contributed by atoms with Crippen molar-refractivity contribution in [1.82, 2.24) is 4.90 Å². The molecular weight excluding hydrogens is 222 g/mol. The van der Waals surface area contributed by atoms with Crippen molar-refractivity contribution in [1.29, 1.82) is 0 Å². The molecule has 0 atom stereocenters. The predicted octanol–water partition coefficient (Wildman–Crippen LogP) is 2.11. The minimum absolute atomic E-state index is 0.160. The number of carboxylic acid groups (broad SMARTS) is 1. The zero-order valence-corrected chi connectivity index (χ0v) is 10.6. The SMILES string of the molecule is CCCC1(C(=O)OCC)CCN(C(=O)O)CC1. The van der Waals surface area contributed by atoms with E-state index in [1.54, 1.807) is 6.92 Å². The molecule has 1 aliphatic heterocycles. The number of hydrogen-bond donors (Lipinski definition) is 1. The first kappa shape index (κ1) is 13.8. The topological polar surface area (TPSA) is 66.8 Å². The van der Waals surface area contributed by atoms with Crippen LogP contribution in [0.5, 0.6) is 0 Å². The maximum Gasteiger partial charge on any atom is 0.407 e. The van der Waals surface area contributed by atoms with Crippen LogP contribution in [-0.2, 0) is 9.53 Å². The van der Waals surface area contributed by atoms with Gasteiger partial charge in [0.15, 0.2) is 0 Å². The van der Waals surface area contributed by atoms with Gasteiger partial charge in [-0.25, -0.2) is 4.79 Å². The number of piperidine rings is 1. The molecule has 1 fully saturated rings. The summed E-state index contributed by atoms with van der Waals surface area (Å²) in [4.78, 5) is 24.2. The number of amides is 1. The molecule has 98 valence electrons. The third-order valence-corrected chi connectivity index (χ3v) is 3.43. The zero-order chi connectivity index (χ0) is 12.9. The van der Waals surface area contributed by atoms with E-state index in [4.69, 9.17) is 9.84 Å². The maximum atomic E-state index is 12.0. The van der Waals surface area contributed by atoms with Gasteiger partial charge in [0.05, 0.1) is 12.0 Å². The molecule has 0 aromatic rings. The van der Waals surface area contributed by atoms with Crippen LogP contribution in [0.3, 0.4) is 0 Å². The minimum atomic E-state index is -0.904. The molecule has 1 aliphatic rings. The molecule has 0 aromatic heterocycles. The summed E-state index contributed by atoms with van der Waals surface area (Å²) in [6, 6.07) is 0. The van der Waals surface area contributed by atoms with Gasteiger partial charge in [-0.05, 0) is 26.2 Å². The average molecular weight is 243 g/mol. The lowest BCUT2D eigenvalue weighted by atomic mass is 9.75. The van der Waals surface area contributed by atoms with Gasteiger partial charge in [0.25, 0.3) is 0 Å². The first-order valence-electron chi connectivity index (χ1n) is 6.21. The summed E-state index contributed by atoms with van der Waals surface area (Å²) in [6.07, 6.45) is 1.93. The number of esters is 1. The highest BCUT2D eigenvalue weighted by Crippen LogP contribution is 2.37. The number of carbonyl (C=O) groups is 2. The fraction of sp³-hybridized carbons (Fsp3) is 0.833. The molecule has 0 saturated carbocycles. The van der Waals surface area contributed by atoms with Gasteiger partial charge in [0.2, 0.25) is 0 Å². The molecule has 5 nitrogen and oxygen atoms in total. The van der Waals surface area contributed by atoms with Gasteiger partial charge in [0.1, 0.15) is 0 Å². The molecule has 0 bridgehead atoms. The van der Waals surface area contributed by atoms with Crippen molar-refractivity contribution in [2.24, 2.45) is 5.41 Å². The summed E-state index contributed by atoms with van der Waals surface area (Å²) >= 11 is 0. The van der Waals surface area contributed by atoms with Gasteiger partial charge in [0, 0.05) is 13.1 Å². The Labute approximate surface area is 102 Å². The van der Waals surface area contributed by atoms with E-state index < -0.39 is 11.5 Å². The third-order valence-electron chi connectivity index (χ3n) is 3.43. The van der Waals surface area contributed by atoms with Crippen LogP contribution in [0.1, 0.15) is 39.5 Å². The van der Waals surface area contributed by atoms with Crippen molar-refractivity contribution in [3.05, 3.63) is 0 Å². The van der Waals surface area contributed by atoms with Gasteiger partial charge >= 0.3 is 12.1 Å². The molecule has 1 saturated heterocycles. The number of rotatable bonds is 4. The van der Waals surface area contributed by atoms with Crippen LogP contribution in [0.15, 0.2) is 0 Å². The summed E-state index contributed by atoms with van der Waals surface area (Å²) in [5.41, 5.74) is -0.462. The van der Waals surface area contributed by atoms with Crippen LogP contribution in [0, 0.1) is 5.41 Å². The van der Waals surface area contributed by atoms with Crippen molar-refractivity contribution in [3.63, 3.8) is 0 Å². The molecule has 1 rings (SSSR count). The number of carbonyl (C=O) groups excluding carboxylic acids is 1. The van der Waals surface area contributed by atoms with E-state index in [9.17, 15) is 9.59 Å². The van der Waals surface area contributed by atoms with Crippen molar-refractivity contribution >= 4 is 12.1 Å². The molecule has 1 amide bonds. The molecular formula is C12H21NO4. The van der Waals surface area contributed by atoms with Crippen molar-refractivity contribution in [3.8, 4) is 0 Å². The Bertz CT molecular complexity index is 282. The van der Waals surface area contributed by atoms with Gasteiger partial charge in [-0.3, -0.25) is 4.79 Å². The standard InChI is InChI=1S/C12H21NO4/c1-3-5-12(10(14)17-4-2)6-8-13(9-7-12)11(15)16/h3-9H2,1-2H3,(H,15,16). The van der Waals surface area contributed by atoms with Crippen LogP contribution >= 0.6 is 0 Å². The van der Waals surface area contributed by atoms with E-state index in [-0.39, 0.29) is 5.97 Å². The Morgan fingerprint density at radius 3 is 2.29 bits per heavy atom. The van der Waals surface area contributed by atoms with E-state index in [2.05, 4.69) is 0 Å². The number of hydrogen-bond acceptors (Lipinski definition) is 3. The Morgan fingerprint density at radius 1 is 1.29 bits per heavy atom.